The summed E-state index contributed by atoms with van der Waals surface area (Å²) in [5.74, 6) is 0. The van der Waals surface area contributed by atoms with E-state index in [2.05, 4.69) is 169 Å². The largest absolute Gasteiger partial charge is 0.372 e. The third kappa shape index (κ3) is 5.59. The Morgan fingerprint density at radius 2 is 0.877 bits per heavy atom. The van der Waals surface area contributed by atoms with Gasteiger partial charge in [-0.05, 0) is 157 Å². The lowest BCUT2D eigenvalue weighted by Gasteiger charge is -2.31. The second kappa shape index (κ2) is 13.7. The zero-order valence-electron chi connectivity index (χ0n) is 33.3. The van der Waals surface area contributed by atoms with Gasteiger partial charge in [-0.1, -0.05) is 129 Å². The molecular weight excluding hydrogens is 689 g/mol. The Labute approximate surface area is 337 Å². The van der Waals surface area contributed by atoms with Gasteiger partial charge in [0.2, 0.25) is 0 Å². The van der Waals surface area contributed by atoms with Gasteiger partial charge in [0.15, 0.2) is 0 Å². The first-order chi connectivity index (χ1) is 28.0. The van der Waals surface area contributed by atoms with Crippen molar-refractivity contribution < 1.29 is 0 Å². The van der Waals surface area contributed by atoms with E-state index in [9.17, 15) is 0 Å². The molecule has 2 fully saturated rings. The van der Waals surface area contributed by atoms with E-state index in [0.717, 1.165) is 26.2 Å². The van der Waals surface area contributed by atoms with Crippen LogP contribution in [0.2, 0.25) is 0 Å². The van der Waals surface area contributed by atoms with Gasteiger partial charge >= 0.3 is 0 Å². The third-order valence-corrected chi connectivity index (χ3v) is 13.7. The number of fused-ring (bicyclic) bond motifs is 6. The highest BCUT2D eigenvalue weighted by Gasteiger charge is 2.35. The minimum Gasteiger partial charge on any atom is -0.372 e. The van der Waals surface area contributed by atoms with Gasteiger partial charge < -0.3 is 9.80 Å². The summed E-state index contributed by atoms with van der Waals surface area (Å²) in [6, 6.07) is 56.0. The fraction of sp³-hybridized carbons (Fsp3) is 0.236. The van der Waals surface area contributed by atoms with Crippen molar-refractivity contribution in [2.45, 2.75) is 57.8 Å². The summed E-state index contributed by atoms with van der Waals surface area (Å²) >= 11 is 0. The van der Waals surface area contributed by atoms with Gasteiger partial charge in [-0.2, -0.15) is 0 Å². The number of hydrogen-bond donors (Lipinski definition) is 0. The molecule has 8 aromatic carbocycles. The van der Waals surface area contributed by atoms with Crippen LogP contribution in [-0.2, 0) is 5.41 Å². The van der Waals surface area contributed by atoms with Crippen LogP contribution < -0.4 is 9.80 Å². The molecule has 11 rings (SSSR count). The average Bonchev–Trinajstić information content (AvgIpc) is 3.51. The van der Waals surface area contributed by atoms with E-state index in [1.165, 1.54) is 138 Å². The fourth-order valence-corrected chi connectivity index (χ4v) is 10.7. The first-order valence-corrected chi connectivity index (χ1v) is 21.4. The van der Waals surface area contributed by atoms with E-state index in [0.29, 0.717) is 0 Å². The second-order valence-corrected chi connectivity index (χ2v) is 17.3. The molecule has 1 aliphatic carbocycles. The summed E-state index contributed by atoms with van der Waals surface area (Å²) in [7, 11) is 0. The predicted octanol–water partition coefficient (Wildman–Crippen LogP) is 14.4. The van der Waals surface area contributed by atoms with Crippen LogP contribution in [0.5, 0.6) is 0 Å². The van der Waals surface area contributed by atoms with Crippen molar-refractivity contribution in [1.29, 1.82) is 0 Å². The van der Waals surface area contributed by atoms with Crippen LogP contribution in [0.15, 0.2) is 146 Å². The van der Waals surface area contributed by atoms with Gasteiger partial charge in [-0.15, -0.1) is 0 Å². The Morgan fingerprint density at radius 3 is 1.56 bits per heavy atom. The van der Waals surface area contributed by atoms with Crippen molar-refractivity contribution in [3.8, 4) is 44.5 Å². The number of nitrogens with zero attached hydrogens (tertiary/aromatic N) is 2. The van der Waals surface area contributed by atoms with E-state index >= 15 is 0 Å². The van der Waals surface area contributed by atoms with Gasteiger partial charge in [0.25, 0.3) is 0 Å². The third-order valence-electron chi connectivity index (χ3n) is 13.7. The molecule has 2 aliphatic heterocycles. The summed E-state index contributed by atoms with van der Waals surface area (Å²) in [5.41, 5.74) is 16.0. The number of anilines is 2. The minimum atomic E-state index is -0.0761. The highest BCUT2D eigenvalue weighted by Crippen LogP contribution is 2.52. The van der Waals surface area contributed by atoms with Crippen LogP contribution in [0.3, 0.4) is 0 Å². The first-order valence-electron chi connectivity index (χ1n) is 21.4. The van der Waals surface area contributed by atoms with E-state index < -0.39 is 0 Å². The number of rotatable bonds is 5. The van der Waals surface area contributed by atoms with Crippen molar-refractivity contribution in [2.75, 3.05) is 36.0 Å². The van der Waals surface area contributed by atoms with Crippen molar-refractivity contribution in [2.24, 2.45) is 0 Å². The molecule has 8 aromatic rings. The van der Waals surface area contributed by atoms with E-state index in [1.54, 1.807) is 0 Å². The zero-order chi connectivity index (χ0) is 38.1. The van der Waals surface area contributed by atoms with Crippen molar-refractivity contribution in [1.82, 2.24) is 0 Å². The highest BCUT2D eigenvalue weighted by atomic mass is 15.1. The normalized spacial score (nSPS) is 16.3. The predicted molar refractivity (Wildman–Crippen MR) is 245 cm³/mol. The highest BCUT2D eigenvalue weighted by molar-refractivity contribution is 6.25. The lowest BCUT2D eigenvalue weighted by atomic mass is 9.80. The van der Waals surface area contributed by atoms with E-state index in [4.69, 9.17) is 0 Å². The van der Waals surface area contributed by atoms with E-state index in [-0.39, 0.29) is 5.41 Å². The van der Waals surface area contributed by atoms with Crippen molar-refractivity contribution in [3.05, 3.63) is 157 Å². The topological polar surface area (TPSA) is 6.48 Å². The van der Waals surface area contributed by atoms with E-state index in [1.807, 2.05) is 0 Å². The average molecular weight is 739 g/mol. The molecule has 280 valence electrons. The molecule has 0 unspecified atom stereocenters. The number of piperidine rings is 2. The Morgan fingerprint density at radius 1 is 0.351 bits per heavy atom. The number of hydrogen-bond acceptors (Lipinski definition) is 2. The smallest absolute Gasteiger partial charge is 0.0372 e. The second-order valence-electron chi connectivity index (χ2n) is 17.3. The standard InChI is InChI=1S/C55H50N2/c1-55(2)51-21-11-10-20-44(51)45-25-22-38(34-52(45)55)53-47-26-23-40(57-32-14-5-15-33-57)36-50(47)54(48-27-24-39(35-49(48)53)56-30-12-4-13-31-56)46-29-28-41(37-16-6-3-7-17-37)42-18-8-9-19-43(42)46/h3,6-11,16-29,34-36H,4-5,12-15,30-33H2,1-2H3. The summed E-state index contributed by atoms with van der Waals surface area (Å²) in [4.78, 5) is 5.25. The van der Waals surface area contributed by atoms with Gasteiger partial charge in [-0.25, -0.2) is 0 Å². The molecule has 0 aromatic heterocycles. The molecule has 57 heavy (non-hydrogen) atoms. The monoisotopic (exact) mass is 738 g/mol. The molecule has 0 saturated carbocycles. The molecule has 2 saturated heterocycles. The zero-order valence-corrected chi connectivity index (χ0v) is 33.3. The maximum absolute atomic E-state index is 2.63. The molecule has 2 nitrogen and oxygen atoms in total. The van der Waals surface area contributed by atoms with Gasteiger partial charge in [0.1, 0.15) is 0 Å². The molecule has 0 amide bonds. The quantitative estimate of drug-likeness (QED) is 0.162. The lowest BCUT2D eigenvalue weighted by Crippen LogP contribution is -2.29. The summed E-state index contributed by atoms with van der Waals surface area (Å²) in [5, 5.41) is 7.94. The molecule has 0 N–H and O–H groups in total. The van der Waals surface area contributed by atoms with Crippen LogP contribution in [0, 0.1) is 0 Å². The SMILES string of the molecule is CC1(C)c2ccccc2-c2ccc(-c3c4cc(N5CCCCC5)ccc4c(-c4ccc(-c5ccccc5)c5ccccc45)c4cc(N5CCCCC5)ccc34)cc21. The maximum Gasteiger partial charge on any atom is 0.0372 e. The van der Waals surface area contributed by atoms with Gasteiger partial charge in [0.05, 0.1) is 0 Å². The van der Waals surface area contributed by atoms with Crippen molar-refractivity contribution >= 4 is 43.7 Å². The van der Waals surface area contributed by atoms with Crippen LogP contribution in [-0.4, -0.2) is 26.2 Å². The maximum atomic E-state index is 2.63. The van der Waals surface area contributed by atoms with Crippen LogP contribution in [0.4, 0.5) is 11.4 Å². The molecule has 0 bridgehead atoms. The van der Waals surface area contributed by atoms with Crippen molar-refractivity contribution in [3.63, 3.8) is 0 Å². The molecule has 0 atom stereocenters. The van der Waals surface area contributed by atoms with Crippen LogP contribution in [0.1, 0.15) is 63.5 Å². The van der Waals surface area contributed by atoms with Crippen LogP contribution in [0.25, 0.3) is 76.8 Å². The van der Waals surface area contributed by atoms with Crippen LogP contribution >= 0.6 is 0 Å². The summed E-state index contributed by atoms with van der Waals surface area (Å²) < 4.78 is 0. The lowest BCUT2D eigenvalue weighted by molar-refractivity contribution is 0.578. The minimum absolute atomic E-state index is 0.0761. The fourth-order valence-electron chi connectivity index (χ4n) is 10.7. The molecule has 2 heteroatoms. The Balaban J connectivity index is 1.23. The Bertz CT molecular complexity index is 2830. The Hall–Kier alpha value is -5.86. The molecule has 2 heterocycles. The Kier molecular flexibility index (Phi) is 8.24. The molecule has 0 spiro atoms. The van der Waals surface area contributed by atoms with Gasteiger partial charge in [-0.3, -0.25) is 0 Å². The first kappa shape index (κ1) is 34.4. The van der Waals surface area contributed by atoms with Gasteiger partial charge in [0, 0.05) is 43.0 Å². The number of benzene rings is 8. The summed E-state index contributed by atoms with van der Waals surface area (Å²) in [6.45, 7) is 9.30. The summed E-state index contributed by atoms with van der Waals surface area (Å²) in [6.07, 6.45) is 7.67. The molecule has 3 aliphatic rings. The molecule has 0 radical (unpaired) electrons. The molecular formula is C55H50N2.